The van der Waals surface area contributed by atoms with Crippen molar-refractivity contribution < 1.29 is 4.79 Å². The van der Waals surface area contributed by atoms with Gasteiger partial charge in [-0.3, -0.25) is 14.8 Å². The van der Waals surface area contributed by atoms with Gasteiger partial charge in [0.05, 0.1) is 23.0 Å². The number of hydrogen-bond donors (Lipinski definition) is 1. The molecule has 0 radical (unpaired) electrons. The summed E-state index contributed by atoms with van der Waals surface area (Å²) in [6.45, 7) is 3.93. The van der Waals surface area contributed by atoms with Gasteiger partial charge in [0.15, 0.2) is 0 Å². The monoisotopic (exact) mass is 342 g/mol. The van der Waals surface area contributed by atoms with Gasteiger partial charge < -0.3 is 9.88 Å². The number of anilines is 1. The largest absolute Gasteiger partial charge is 0.322 e. The van der Waals surface area contributed by atoms with E-state index in [-0.39, 0.29) is 5.91 Å². The van der Waals surface area contributed by atoms with Gasteiger partial charge in [0.2, 0.25) is 0 Å². The Bertz CT molecular complexity index is 1100. The molecular weight excluding hydrogens is 324 g/mol. The van der Waals surface area contributed by atoms with Crippen LogP contribution in [0.1, 0.15) is 21.7 Å². The lowest BCUT2D eigenvalue weighted by Gasteiger charge is -2.10. The van der Waals surface area contributed by atoms with E-state index in [4.69, 9.17) is 0 Å². The Morgan fingerprint density at radius 3 is 2.69 bits per heavy atom. The molecule has 0 saturated carbocycles. The molecule has 0 aliphatic rings. The van der Waals surface area contributed by atoms with E-state index in [9.17, 15) is 4.79 Å². The number of hydrogen-bond acceptors (Lipinski definition) is 3. The molecule has 1 N–H and O–H groups in total. The third-order valence-electron chi connectivity index (χ3n) is 4.44. The lowest BCUT2D eigenvalue weighted by atomic mass is 10.2. The number of aromatic nitrogens is 3. The number of carbonyl (C=O) groups is 1. The molecule has 0 aliphatic heterocycles. The summed E-state index contributed by atoms with van der Waals surface area (Å²) < 4.78 is 2.03. The molecule has 0 atom stereocenters. The predicted octanol–water partition coefficient (Wildman–Crippen LogP) is 4.29. The number of fused-ring (bicyclic) bond motifs is 1. The fraction of sp³-hybridized carbons (Fsp3) is 0.0952. The van der Waals surface area contributed by atoms with Crippen LogP contribution < -0.4 is 5.32 Å². The number of nitrogens with zero attached hydrogens (tertiary/aromatic N) is 3. The van der Waals surface area contributed by atoms with Crippen LogP contribution in [0.2, 0.25) is 0 Å². The van der Waals surface area contributed by atoms with Crippen molar-refractivity contribution in [3.05, 3.63) is 84.1 Å². The molecule has 1 amide bonds. The second kappa shape index (κ2) is 6.44. The molecule has 3 heterocycles. The van der Waals surface area contributed by atoms with Crippen molar-refractivity contribution >= 4 is 22.5 Å². The molecule has 128 valence electrons. The Balaban J connectivity index is 1.66. The number of amides is 1. The number of rotatable bonds is 3. The lowest BCUT2D eigenvalue weighted by molar-refractivity contribution is 0.102. The molecule has 0 fully saturated rings. The summed E-state index contributed by atoms with van der Waals surface area (Å²) in [5.74, 6) is -0.128. The molecule has 0 saturated heterocycles. The predicted molar refractivity (Wildman–Crippen MR) is 103 cm³/mol. The molecular formula is C21H18N4O. The molecule has 3 aromatic heterocycles. The minimum atomic E-state index is -0.128. The van der Waals surface area contributed by atoms with Gasteiger partial charge in [0.25, 0.3) is 5.91 Å². The zero-order valence-corrected chi connectivity index (χ0v) is 14.6. The van der Waals surface area contributed by atoms with Gasteiger partial charge in [-0.25, -0.2) is 0 Å². The molecule has 0 unspecified atom stereocenters. The van der Waals surface area contributed by atoms with Crippen LogP contribution in [0.25, 0.3) is 16.6 Å². The van der Waals surface area contributed by atoms with Crippen molar-refractivity contribution in [1.82, 2.24) is 14.5 Å². The topological polar surface area (TPSA) is 59.8 Å². The van der Waals surface area contributed by atoms with Crippen molar-refractivity contribution in [1.29, 1.82) is 0 Å². The third-order valence-corrected chi connectivity index (χ3v) is 4.44. The Morgan fingerprint density at radius 2 is 1.88 bits per heavy atom. The van der Waals surface area contributed by atoms with Gasteiger partial charge >= 0.3 is 0 Å². The van der Waals surface area contributed by atoms with Gasteiger partial charge in [-0.05, 0) is 56.3 Å². The van der Waals surface area contributed by atoms with Crippen molar-refractivity contribution in [3.8, 4) is 5.69 Å². The minimum Gasteiger partial charge on any atom is -0.322 e. The molecule has 0 spiro atoms. The van der Waals surface area contributed by atoms with E-state index in [2.05, 4.69) is 15.3 Å². The Morgan fingerprint density at radius 1 is 1.04 bits per heavy atom. The number of carbonyl (C=O) groups excluding carboxylic acids is 1. The quantitative estimate of drug-likeness (QED) is 0.604. The molecule has 1 aromatic carbocycles. The summed E-state index contributed by atoms with van der Waals surface area (Å²) in [6, 6.07) is 15.3. The minimum absolute atomic E-state index is 0.128. The average molecular weight is 342 g/mol. The number of benzene rings is 1. The van der Waals surface area contributed by atoms with E-state index in [0.29, 0.717) is 5.56 Å². The van der Waals surface area contributed by atoms with Crippen molar-refractivity contribution in [2.75, 3.05) is 5.32 Å². The summed E-state index contributed by atoms with van der Waals surface area (Å²) in [7, 11) is 0. The first-order valence-electron chi connectivity index (χ1n) is 8.39. The van der Waals surface area contributed by atoms with E-state index in [1.165, 1.54) is 0 Å². The van der Waals surface area contributed by atoms with Crippen molar-refractivity contribution in [2.24, 2.45) is 0 Å². The van der Waals surface area contributed by atoms with Crippen LogP contribution in [0.15, 0.2) is 67.1 Å². The molecule has 4 aromatic rings. The van der Waals surface area contributed by atoms with Crippen LogP contribution in [-0.2, 0) is 0 Å². The summed E-state index contributed by atoms with van der Waals surface area (Å²) >= 11 is 0. The third kappa shape index (κ3) is 2.84. The maximum Gasteiger partial charge on any atom is 0.257 e. The fourth-order valence-corrected chi connectivity index (χ4v) is 3.23. The van der Waals surface area contributed by atoms with E-state index in [1.807, 2.05) is 66.9 Å². The van der Waals surface area contributed by atoms with E-state index in [1.54, 1.807) is 18.6 Å². The van der Waals surface area contributed by atoms with Gasteiger partial charge in [-0.15, -0.1) is 0 Å². The smallest absolute Gasteiger partial charge is 0.257 e. The molecule has 5 heteroatoms. The zero-order valence-electron chi connectivity index (χ0n) is 14.6. The highest BCUT2D eigenvalue weighted by atomic mass is 16.1. The highest BCUT2D eigenvalue weighted by Crippen LogP contribution is 2.22. The standard InChI is InChI=1S/C21H18N4O/c1-14-11-19(15(2)25(14)18-6-4-9-22-13-18)21(26)24-17-7-8-20-16(12-17)5-3-10-23-20/h3-13H,1-2H3,(H,24,26). The zero-order chi connectivity index (χ0) is 18.1. The van der Waals surface area contributed by atoms with Crippen molar-refractivity contribution in [3.63, 3.8) is 0 Å². The first-order chi connectivity index (χ1) is 12.6. The number of aryl methyl sites for hydroxylation is 1. The second-order valence-electron chi connectivity index (χ2n) is 6.20. The Hall–Kier alpha value is -3.47. The van der Waals surface area contributed by atoms with Crippen LogP contribution in [0.4, 0.5) is 5.69 Å². The summed E-state index contributed by atoms with van der Waals surface area (Å²) in [6.07, 6.45) is 5.28. The number of nitrogens with one attached hydrogen (secondary N) is 1. The van der Waals surface area contributed by atoms with E-state index < -0.39 is 0 Å². The van der Waals surface area contributed by atoms with Crippen LogP contribution in [-0.4, -0.2) is 20.4 Å². The molecule has 4 rings (SSSR count). The fourth-order valence-electron chi connectivity index (χ4n) is 3.23. The van der Waals surface area contributed by atoms with Crippen LogP contribution in [0.3, 0.4) is 0 Å². The maximum atomic E-state index is 12.8. The van der Waals surface area contributed by atoms with E-state index >= 15 is 0 Å². The van der Waals surface area contributed by atoms with Crippen LogP contribution >= 0.6 is 0 Å². The molecule has 5 nitrogen and oxygen atoms in total. The summed E-state index contributed by atoms with van der Waals surface area (Å²) in [5.41, 5.74) is 5.12. The van der Waals surface area contributed by atoms with Gasteiger partial charge in [-0.1, -0.05) is 6.07 Å². The van der Waals surface area contributed by atoms with E-state index in [0.717, 1.165) is 33.7 Å². The number of pyridine rings is 2. The summed E-state index contributed by atoms with van der Waals surface area (Å²) in [5, 5.41) is 3.98. The highest BCUT2D eigenvalue weighted by Gasteiger charge is 2.17. The first-order valence-corrected chi connectivity index (χ1v) is 8.39. The van der Waals surface area contributed by atoms with Gasteiger partial charge in [0, 0.05) is 34.9 Å². The Kier molecular flexibility index (Phi) is 3.97. The molecule has 0 bridgehead atoms. The maximum absolute atomic E-state index is 12.8. The average Bonchev–Trinajstić information content (AvgIpc) is 2.96. The van der Waals surface area contributed by atoms with Crippen LogP contribution in [0, 0.1) is 13.8 Å². The summed E-state index contributed by atoms with van der Waals surface area (Å²) in [4.78, 5) is 21.3. The van der Waals surface area contributed by atoms with Crippen molar-refractivity contribution in [2.45, 2.75) is 13.8 Å². The first kappa shape index (κ1) is 16.0. The lowest BCUT2D eigenvalue weighted by Crippen LogP contribution is -2.13. The Labute approximate surface area is 151 Å². The second-order valence-corrected chi connectivity index (χ2v) is 6.20. The highest BCUT2D eigenvalue weighted by molar-refractivity contribution is 6.06. The molecule has 0 aliphatic carbocycles. The normalized spacial score (nSPS) is 10.8. The van der Waals surface area contributed by atoms with Gasteiger partial charge in [-0.2, -0.15) is 0 Å². The molecule has 26 heavy (non-hydrogen) atoms. The van der Waals surface area contributed by atoms with Crippen LogP contribution in [0.5, 0.6) is 0 Å². The van der Waals surface area contributed by atoms with Gasteiger partial charge in [0.1, 0.15) is 0 Å². The SMILES string of the molecule is Cc1cc(C(=O)Nc2ccc3ncccc3c2)c(C)n1-c1cccnc1.